The zero-order chi connectivity index (χ0) is 21.7. The highest BCUT2D eigenvalue weighted by Gasteiger charge is 2.31. The first-order chi connectivity index (χ1) is 14.2. The van der Waals surface area contributed by atoms with Gasteiger partial charge in [0, 0.05) is 56.6 Å². The Balaban J connectivity index is 1.42. The monoisotopic (exact) mass is 421 g/mol. The van der Waals surface area contributed by atoms with Gasteiger partial charge in [-0.15, -0.1) is 0 Å². The molecule has 7 nitrogen and oxygen atoms in total. The number of carbonyl (C=O) groups is 2. The number of anilines is 2. The largest absolute Gasteiger partial charge is 0.417 e. The molecule has 1 saturated heterocycles. The quantitative estimate of drug-likeness (QED) is 0.747. The van der Waals surface area contributed by atoms with Gasteiger partial charge in [-0.25, -0.2) is 4.98 Å². The van der Waals surface area contributed by atoms with Crippen LogP contribution in [0.25, 0.3) is 0 Å². The fourth-order valence-electron chi connectivity index (χ4n) is 3.14. The number of piperazine rings is 1. The summed E-state index contributed by atoms with van der Waals surface area (Å²) in [6.07, 6.45) is -3.24. The number of primary amides is 1. The van der Waals surface area contributed by atoms with Gasteiger partial charge >= 0.3 is 6.18 Å². The maximum atomic E-state index is 12.6. The molecule has 0 unspecified atom stereocenters. The number of pyridine rings is 1. The van der Waals surface area contributed by atoms with Crippen LogP contribution in [0.15, 0.2) is 42.6 Å². The van der Waals surface area contributed by atoms with E-state index in [4.69, 9.17) is 5.73 Å². The summed E-state index contributed by atoms with van der Waals surface area (Å²) in [6.45, 7) is 3.18. The average molecular weight is 421 g/mol. The molecule has 0 atom stereocenters. The maximum Gasteiger partial charge on any atom is 0.417 e. The third-order valence-corrected chi connectivity index (χ3v) is 4.88. The minimum absolute atomic E-state index is 0.145. The summed E-state index contributed by atoms with van der Waals surface area (Å²) in [5, 5.41) is 2.77. The number of carbonyl (C=O) groups excluding carboxylic acids is 2. The molecule has 1 aliphatic heterocycles. The molecule has 160 valence electrons. The first kappa shape index (κ1) is 21.6. The van der Waals surface area contributed by atoms with Crippen LogP contribution in [0.1, 0.15) is 22.3 Å². The number of hydrogen-bond acceptors (Lipinski definition) is 5. The number of nitrogens with one attached hydrogen (secondary N) is 1. The van der Waals surface area contributed by atoms with E-state index in [1.807, 2.05) is 4.90 Å². The minimum Gasteiger partial charge on any atom is -0.366 e. The van der Waals surface area contributed by atoms with Gasteiger partial charge in [-0.05, 0) is 36.4 Å². The SMILES string of the molecule is NC(=O)c1ccc(NC(=O)CCN2CCN(c3ccc(C(F)(F)F)cn3)CC2)cc1. The molecule has 0 spiro atoms. The van der Waals surface area contributed by atoms with Crippen molar-refractivity contribution in [3.8, 4) is 0 Å². The highest BCUT2D eigenvalue weighted by molar-refractivity contribution is 5.94. The second-order valence-corrected chi connectivity index (χ2v) is 6.97. The van der Waals surface area contributed by atoms with E-state index < -0.39 is 17.6 Å². The molecule has 1 fully saturated rings. The standard InChI is InChI=1S/C20H22F3N5O2/c21-20(22,23)15-3-6-17(25-13-15)28-11-9-27(10-12-28)8-7-18(29)26-16-4-1-14(2-5-16)19(24)30/h1-6,13H,7-12H2,(H2,24,30)(H,26,29). The molecule has 2 amide bonds. The predicted molar refractivity (Wildman–Crippen MR) is 106 cm³/mol. The molecule has 1 aliphatic rings. The number of halogens is 3. The van der Waals surface area contributed by atoms with Gasteiger partial charge in [0.25, 0.3) is 0 Å². The maximum absolute atomic E-state index is 12.6. The molecule has 0 bridgehead atoms. The fraction of sp³-hybridized carbons (Fsp3) is 0.350. The number of aromatic nitrogens is 1. The molecule has 3 N–H and O–H groups in total. The number of alkyl halides is 3. The predicted octanol–water partition coefficient (Wildman–Crippen LogP) is 2.35. The van der Waals surface area contributed by atoms with Crippen LogP contribution in [0, 0.1) is 0 Å². The molecule has 0 saturated carbocycles. The topological polar surface area (TPSA) is 91.6 Å². The second-order valence-electron chi connectivity index (χ2n) is 6.97. The van der Waals surface area contributed by atoms with E-state index in [1.54, 1.807) is 24.3 Å². The molecule has 0 radical (unpaired) electrons. The Bertz CT molecular complexity index is 877. The van der Waals surface area contributed by atoms with Gasteiger partial charge in [-0.2, -0.15) is 13.2 Å². The average Bonchev–Trinajstić information content (AvgIpc) is 2.72. The van der Waals surface area contributed by atoms with E-state index in [-0.39, 0.29) is 5.91 Å². The Morgan fingerprint density at radius 3 is 2.23 bits per heavy atom. The number of amides is 2. The van der Waals surface area contributed by atoms with Gasteiger partial charge in [-0.3, -0.25) is 14.5 Å². The van der Waals surface area contributed by atoms with Crippen LogP contribution < -0.4 is 16.0 Å². The highest BCUT2D eigenvalue weighted by Crippen LogP contribution is 2.29. The van der Waals surface area contributed by atoms with Gasteiger partial charge in [0.15, 0.2) is 0 Å². The molecule has 30 heavy (non-hydrogen) atoms. The Hall–Kier alpha value is -3.14. The lowest BCUT2D eigenvalue weighted by atomic mass is 10.2. The van der Waals surface area contributed by atoms with Gasteiger partial charge < -0.3 is 16.0 Å². The summed E-state index contributed by atoms with van der Waals surface area (Å²) < 4.78 is 37.9. The van der Waals surface area contributed by atoms with E-state index in [0.29, 0.717) is 56.2 Å². The molecule has 1 aromatic carbocycles. The van der Waals surface area contributed by atoms with Crippen molar-refractivity contribution < 1.29 is 22.8 Å². The van der Waals surface area contributed by atoms with E-state index >= 15 is 0 Å². The van der Waals surface area contributed by atoms with E-state index in [0.717, 1.165) is 12.3 Å². The summed E-state index contributed by atoms with van der Waals surface area (Å²) in [5.74, 6) is -0.160. The van der Waals surface area contributed by atoms with Crippen molar-refractivity contribution >= 4 is 23.3 Å². The molecule has 10 heteroatoms. The van der Waals surface area contributed by atoms with E-state index in [9.17, 15) is 22.8 Å². The number of rotatable bonds is 6. The van der Waals surface area contributed by atoms with Crippen LogP contribution in [0.2, 0.25) is 0 Å². The first-order valence-electron chi connectivity index (χ1n) is 9.42. The fourth-order valence-corrected chi connectivity index (χ4v) is 3.14. The summed E-state index contributed by atoms with van der Waals surface area (Å²) >= 11 is 0. The van der Waals surface area contributed by atoms with Crippen LogP contribution in [0.3, 0.4) is 0 Å². The number of nitrogens with two attached hydrogens (primary N) is 1. The molecule has 2 heterocycles. The lowest BCUT2D eigenvalue weighted by Crippen LogP contribution is -2.47. The lowest BCUT2D eigenvalue weighted by molar-refractivity contribution is -0.137. The Morgan fingerprint density at radius 2 is 1.70 bits per heavy atom. The lowest BCUT2D eigenvalue weighted by Gasteiger charge is -2.35. The van der Waals surface area contributed by atoms with Crippen molar-refractivity contribution in [1.29, 1.82) is 0 Å². The second kappa shape index (κ2) is 9.12. The molecule has 1 aromatic heterocycles. The smallest absolute Gasteiger partial charge is 0.366 e. The van der Waals surface area contributed by atoms with Crippen molar-refractivity contribution in [2.45, 2.75) is 12.6 Å². The van der Waals surface area contributed by atoms with Crippen LogP contribution in [0.4, 0.5) is 24.7 Å². The van der Waals surface area contributed by atoms with Crippen molar-refractivity contribution in [2.75, 3.05) is 42.9 Å². The van der Waals surface area contributed by atoms with Gasteiger partial charge in [-0.1, -0.05) is 0 Å². The van der Waals surface area contributed by atoms with Crippen LogP contribution in [-0.2, 0) is 11.0 Å². The highest BCUT2D eigenvalue weighted by atomic mass is 19.4. The van der Waals surface area contributed by atoms with Crippen LogP contribution in [-0.4, -0.2) is 54.4 Å². The molecule has 3 rings (SSSR count). The van der Waals surface area contributed by atoms with Crippen molar-refractivity contribution in [2.24, 2.45) is 5.73 Å². The summed E-state index contributed by atoms with van der Waals surface area (Å²) in [4.78, 5) is 31.2. The molecule has 0 aliphatic carbocycles. The molecule has 2 aromatic rings. The zero-order valence-electron chi connectivity index (χ0n) is 16.2. The minimum atomic E-state index is -4.39. The number of nitrogens with zero attached hydrogens (tertiary/aromatic N) is 3. The van der Waals surface area contributed by atoms with Crippen molar-refractivity contribution in [3.05, 3.63) is 53.7 Å². The Kier molecular flexibility index (Phi) is 6.56. The summed E-state index contributed by atoms with van der Waals surface area (Å²) in [7, 11) is 0. The first-order valence-corrected chi connectivity index (χ1v) is 9.42. The normalized spacial score (nSPS) is 15.1. The number of benzene rings is 1. The summed E-state index contributed by atoms with van der Waals surface area (Å²) in [5.41, 5.74) is 5.37. The zero-order valence-corrected chi connectivity index (χ0v) is 16.2. The summed E-state index contributed by atoms with van der Waals surface area (Å²) in [6, 6.07) is 8.75. The van der Waals surface area contributed by atoms with Crippen molar-refractivity contribution in [1.82, 2.24) is 9.88 Å². The Labute approximate surface area is 171 Å². The van der Waals surface area contributed by atoms with Crippen LogP contribution in [0.5, 0.6) is 0 Å². The van der Waals surface area contributed by atoms with Crippen LogP contribution >= 0.6 is 0 Å². The van der Waals surface area contributed by atoms with Crippen molar-refractivity contribution in [3.63, 3.8) is 0 Å². The van der Waals surface area contributed by atoms with E-state index in [2.05, 4.69) is 15.2 Å². The van der Waals surface area contributed by atoms with E-state index in [1.165, 1.54) is 6.07 Å². The third-order valence-electron chi connectivity index (χ3n) is 4.88. The van der Waals surface area contributed by atoms with Gasteiger partial charge in [0.05, 0.1) is 5.56 Å². The van der Waals surface area contributed by atoms with Gasteiger partial charge in [0.1, 0.15) is 5.82 Å². The molecular formula is C20H22F3N5O2. The van der Waals surface area contributed by atoms with Gasteiger partial charge in [0.2, 0.25) is 11.8 Å². The molecular weight excluding hydrogens is 399 g/mol. The number of hydrogen-bond donors (Lipinski definition) is 2. The Morgan fingerprint density at radius 1 is 1.03 bits per heavy atom. The third kappa shape index (κ3) is 5.69.